The molecule has 0 aliphatic heterocycles. The summed E-state index contributed by atoms with van der Waals surface area (Å²) in [5.41, 5.74) is 2.31. The van der Waals surface area contributed by atoms with Crippen molar-refractivity contribution in [2.75, 3.05) is 0 Å². The van der Waals surface area contributed by atoms with Gasteiger partial charge in [-0.2, -0.15) is 5.10 Å². The van der Waals surface area contributed by atoms with Crippen LogP contribution in [0.25, 0.3) is 0 Å². The number of hydrogen-bond acceptors (Lipinski definition) is 2. The SMILES string of the molecule is CCc1n[nH]c(=S)n1-n1c(C)ccc1C. The van der Waals surface area contributed by atoms with Crippen LogP contribution < -0.4 is 0 Å². The van der Waals surface area contributed by atoms with E-state index < -0.39 is 0 Å². The third-order valence-electron chi connectivity index (χ3n) is 2.47. The van der Waals surface area contributed by atoms with E-state index in [0.717, 1.165) is 23.6 Å². The highest BCUT2D eigenvalue weighted by molar-refractivity contribution is 7.71. The van der Waals surface area contributed by atoms with Gasteiger partial charge in [0.15, 0.2) is 5.82 Å². The molecule has 2 heterocycles. The molecule has 0 aliphatic rings. The van der Waals surface area contributed by atoms with E-state index in [1.165, 1.54) is 0 Å². The van der Waals surface area contributed by atoms with Crippen molar-refractivity contribution >= 4 is 12.2 Å². The zero-order valence-corrected chi connectivity index (χ0v) is 9.93. The Labute approximate surface area is 93.5 Å². The fourth-order valence-corrected chi connectivity index (χ4v) is 1.97. The molecule has 0 bridgehead atoms. The maximum Gasteiger partial charge on any atom is 0.215 e. The topological polar surface area (TPSA) is 38.5 Å². The number of aromatic nitrogens is 4. The predicted molar refractivity (Wildman–Crippen MR) is 61.5 cm³/mol. The van der Waals surface area contributed by atoms with E-state index in [1.54, 1.807) is 0 Å². The molecule has 0 aliphatic carbocycles. The lowest BCUT2D eigenvalue weighted by atomic mass is 10.5. The first-order valence-corrected chi connectivity index (χ1v) is 5.38. The van der Waals surface area contributed by atoms with Crippen LogP contribution in [0, 0.1) is 18.6 Å². The van der Waals surface area contributed by atoms with E-state index in [2.05, 4.69) is 47.8 Å². The van der Waals surface area contributed by atoms with Gasteiger partial charge in [-0.05, 0) is 38.2 Å². The monoisotopic (exact) mass is 222 g/mol. The quantitative estimate of drug-likeness (QED) is 0.791. The molecule has 0 radical (unpaired) electrons. The Morgan fingerprint density at radius 1 is 1.27 bits per heavy atom. The molecule has 0 unspecified atom stereocenters. The predicted octanol–water partition coefficient (Wildman–Crippen LogP) is 2.23. The van der Waals surface area contributed by atoms with Crippen LogP contribution in [0.1, 0.15) is 24.1 Å². The van der Waals surface area contributed by atoms with Gasteiger partial charge in [0.1, 0.15) is 0 Å². The minimum atomic E-state index is 0.634. The number of H-pyrrole nitrogens is 1. The summed E-state index contributed by atoms with van der Waals surface area (Å²) in [6.45, 7) is 6.18. The fraction of sp³-hybridized carbons (Fsp3) is 0.400. The second-order valence-corrected chi connectivity index (χ2v) is 3.92. The van der Waals surface area contributed by atoms with Crippen molar-refractivity contribution in [3.63, 3.8) is 0 Å². The first-order chi connectivity index (χ1) is 7.15. The summed E-state index contributed by atoms with van der Waals surface area (Å²) in [7, 11) is 0. The number of aryl methyl sites for hydroxylation is 3. The summed E-state index contributed by atoms with van der Waals surface area (Å²) in [6.07, 6.45) is 0.851. The van der Waals surface area contributed by atoms with E-state index in [1.807, 2.05) is 4.68 Å². The summed E-state index contributed by atoms with van der Waals surface area (Å²) in [5.74, 6) is 0.947. The minimum Gasteiger partial charge on any atom is -0.255 e. The van der Waals surface area contributed by atoms with Gasteiger partial charge in [0.2, 0.25) is 4.77 Å². The molecule has 0 fully saturated rings. The zero-order chi connectivity index (χ0) is 11.0. The van der Waals surface area contributed by atoms with Crippen LogP contribution in [0.3, 0.4) is 0 Å². The Morgan fingerprint density at radius 2 is 1.87 bits per heavy atom. The molecule has 2 aromatic heterocycles. The average Bonchev–Trinajstić information content (AvgIpc) is 2.71. The first kappa shape index (κ1) is 10.2. The minimum absolute atomic E-state index is 0.634. The Balaban J connectivity index is 2.73. The normalized spacial score (nSPS) is 10.9. The van der Waals surface area contributed by atoms with Gasteiger partial charge in [0, 0.05) is 17.8 Å². The van der Waals surface area contributed by atoms with Gasteiger partial charge >= 0.3 is 0 Å². The highest BCUT2D eigenvalue weighted by atomic mass is 32.1. The molecular weight excluding hydrogens is 208 g/mol. The lowest BCUT2D eigenvalue weighted by Crippen LogP contribution is -2.15. The molecule has 0 spiro atoms. The largest absolute Gasteiger partial charge is 0.255 e. The summed E-state index contributed by atoms with van der Waals surface area (Å²) in [4.78, 5) is 0. The molecule has 0 atom stereocenters. The van der Waals surface area contributed by atoms with Gasteiger partial charge < -0.3 is 0 Å². The van der Waals surface area contributed by atoms with Crippen LogP contribution in [0.15, 0.2) is 12.1 Å². The number of nitrogens with one attached hydrogen (secondary N) is 1. The maximum absolute atomic E-state index is 5.23. The second kappa shape index (κ2) is 3.66. The van der Waals surface area contributed by atoms with Crippen LogP contribution in [-0.2, 0) is 6.42 Å². The van der Waals surface area contributed by atoms with Crippen molar-refractivity contribution < 1.29 is 0 Å². The van der Waals surface area contributed by atoms with Crippen LogP contribution in [0.2, 0.25) is 0 Å². The van der Waals surface area contributed by atoms with Crippen LogP contribution in [-0.4, -0.2) is 19.5 Å². The lowest BCUT2D eigenvalue weighted by Gasteiger charge is -2.11. The van der Waals surface area contributed by atoms with Crippen molar-refractivity contribution in [3.05, 3.63) is 34.1 Å². The molecule has 2 rings (SSSR count). The number of nitrogens with zero attached hydrogens (tertiary/aromatic N) is 3. The Hall–Kier alpha value is -1.36. The first-order valence-electron chi connectivity index (χ1n) is 4.97. The van der Waals surface area contributed by atoms with Crippen LogP contribution in [0.4, 0.5) is 0 Å². The smallest absolute Gasteiger partial charge is 0.215 e. The summed E-state index contributed by atoms with van der Waals surface area (Å²) >= 11 is 5.23. The van der Waals surface area contributed by atoms with E-state index in [4.69, 9.17) is 12.2 Å². The Kier molecular flexibility index (Phi) is 2.48. The molecule has 15 heavy (non-hydrogen) atoms. The average molecular weight is 222 g/mol. The van der Waals surface area contributed by atoms with Gasteiger partial charge in [-0.15, -0.1) is 0 Å². The molecule has 5 heteroatoms. The van der Waals surface area contributed by atoms with Gasteiger partial charge in [0.25, 0.3) is 0 Å². The van der Waals surface area contributed by atoms with E-state index in [9.17, 15) is 0 Å². The lowest BCUT2D eigenvalue weighted by molar-refractivity contribution is 0.584. The molecule has 0 saturated carbocycles. The van der Waals surface area contributed by atoms with E-state index in [-0.39, 0.29) is 0 Å². The fourth-order valence-electron chi connectivity index (χ4n) is 1.74. The van der Waals surface area contributed by atoms with Gasteiger partial charge in [-0.1, -0.05) is 6.92 Å². The summed E-state index contributed by atoms with van der Waals surface area (Å²) < 4.78 is 4.65. The van der Waals surface area contributed by atoms with Crippen molar-refractivity contribution in [3.8, 4) is 0 Å². The zero-order valence-electron chi connectivity index (χ0n) is 9.11. The molecule has 0 amide bonds. The maximum atomic E-state index is 5.23. The molecule has 4 nitrogen and oxygen atoms in total. The third-order valence-corrected chi connectivity index (χ3v) is 2.73. The van der Waals surface area contributed by atoms with Crippen molar-refractivity contribution in [2.24, 2.45) is 0 Å². The molecule has 1 N–H and O–H groups in total. The van der Waals surface area contributed by atoms with E-state index >= 15 is 0 Å². The highest BCUT2D eigenvalue weighted by Gasteiger charge is 2.09. The summed E-state index contributed by atoms with van der Waals surface area (Å²) in [6, 6.07) is 4.15. The molecule has 2 aromatic rings. The highest BCUT2D eigenvalue weighted by Crippen LogP contribution is 2.10. The standard InChI is InChI=1S/C10H14N4S/c1-4-9-11-12-10(15)14(9)13-7(2)5-6-8(13)3/h5-6H,4H2,1-3H3,(H,12,15). The number of aromatic amines is 1. The van der Waals surface area contributed by atoms with Gasteiger partial charge in [-0.3, -0.25) is 9.77 Å². The van der Waals surface area contributed by atoms with Crippen LogP contribution >= 0.6 is 12.2 Å². The Morgan fingerprint density at radius 3 is 2.40 bits per heavy atom. The molecular formula is C10H14N4S. The van der Waals surface area contributed by atoms with Gasteiger partial charge in [-0.25, -0.2) is 4.68 Å². The number of hydrogen-bond donors (Lipinski definition) is 1. The van der Waals surface area contributed by atoms with E-state index in [0.29, 0.717) is 4.77 Å². The van der Waals surface area contributed by atoms with Crippen LogP contribution in [0.5, 0.6) is 0 Å². The third kappa shape index (κ3) is 1.52. The number of rotatable bonds is 2. The molecule has 0 saturated heterocycles. The molecule has 80 valence electrons. The molecule has 0 aromatic carbocycles. The van der Waals surface area contributed by atoms with Gasteiger partial charge in [0.05, 0.1) is 0 Å². The van der Waals surface area contributed by atoms with Crippen molar-refractivity contribution in [1.82, 2.24) is 19.5 Å². The van der Waals surface area contributed by atoms with Crippen molar-refractivity contribution in [2.45, 2.75) is 27.2 Å². The second-order valence-electron chi connectivity index (χ2n) is 3.54. The van der Waals surface area contributed by atoms with Crippen molar-refractivity contribution in [1.29, 1.82) is 0 Å². The Bertz CT molecular complexity index is 512. The summed E-state index contributed by atoms with van der Waals surface area (Å²) in [5, 5.41) is 7.02.